The third kappa shape index (κ3) is 5.90. The molecule has 1 N–H and O–H groups in total. The van der Waals surface area contributed by atoms with Gasteiger partial charge in [-0.15, -0.1) is 0 Å². The number of hydrogen-bond donors (Lipinski definition) is 1. The molecule has 0 heterocycles. The fourth-order valence-electron chi connectivity index (χ4n) is 2.20. The minimum absolute atomic E-state index is 0.800. The molecule has 0 aliphatic rings. The molecule has 0 bridgehead atoms. The number of aryl methyl sites for hydroxylation is 1. The van der Waals surface area contributed by atoms with E-state index in [0.29, 0.717) is 0 Å². The van der Waals surface area contributed by atoms with Gasteiger partial charge in [0, 0.05) is 18.3 Å². The van der Waals surface area contributed by atoms with Crippen LogP contribution in [-0.2, 0) is 6.42 Å². The molecule has 0 saturated heterocycles. The molecule has 0 saturated carbocycles. The average molecular weight is 283 g/mol. The molecule has 0 fully saturated rings. The molecule has 0 spiro atoms. The van der Waals surface area contributed by atoms with E-state index in [9.17, 15) is 0 Å². The number of unbranched alkanes of at least 4 members (excludes halogenated alkanes) is 1. The zero-order chi connectivity index (χ0) is 14.8. The number of benzene rings is 2. The van der Waals surface area contributed by atoms with E-state index < -0.39 is 0 Å². The fourth-order valence-corrected chi connectivity index (χ4v) is 2.20. The van der Waals surface area contributed by atoms with E-state index in [2.05, 4.69) is 54.7 Å². The summed E-state index contributed by atoms with van der Waals surface area (Å²) in [6, 6.07) is 18.9. The molecule has 0 aromatic heterocycles. The van der Waals surface area contributed by atoms with E-state index in [1.165, 1.54) is 5.56 Å². The second-order valence-corrected chi connectivity index (χ2v) is 5.25. The van der Waals surface area contributed by atoms with E-state index in [-0.39, 0.29) is 0 Å². The van der Waals surface area contributed by atoms with Gasteiger partial charge in [0.05, 0.1) is 6.61 Å². The molecule has 0 atom stereocenters. The highest BCUT2D eigenvalue weighted by molar-refractivity contribution is 5.48. The van der Waals surface area contributed by atoms with Gasteiger partial charge in [-0.25, -0.2) is 0 Å². The molecule has 0 radical (unpaired) electrons. The summed E-state index contributed by atoms with van der Waals surface area (Å²) in [5.74, 6) is 0.955. The van der Waals surface area contributed by atoms with Crippen molar-refractivity contribution in [2.45, 2.75) is 32.6 Å². The van der Waals surface area contributed by atoms with Crippen LogP contribution in [0.3, 0.4) is 0 Å². The number of anilines is 1. The van der Waals surface area contributed by atoms with Crippen molar-refractivity contribution in [1.82, 2.24) is 0 Å². The Hall–Kier alpha value is -1.96. The van der Waals surface area contributed by atoms with Crippen molar-refractivity contribution in [2.75, 3.05) is 18.5 Å². The first-order valence-corrected chi connectivity index (χ1v) is 7.89. The Morgan fingerprint density at radius 1 is 0.952 bits per heavy atom. The number of rotatable bonds is 9. The Bertz CT molecular complexity index is 510. The maximum Gasteiger partial charge on any atom is 0.121 e. The predicted octanol–water partition coefficient (Wildman–Crippen LogP) is 4.91. The maximum atomic E-state index is 5.72. The lowest BCUT2D eigenvalue weighted by Crippen LogP contribution is -2.03. The summed E-state index contributed by atoms with van der Waals surface area (Å²) in [5, 5.41) is 3.47. The summed E-state index contributed by atoms with van der Waals surface area (Å²) in [6.45, 7) is 3.95. The summed E-state index contributed by atoms with van der Waals surface area (Å²) in [6.07, 6.45) is 4.51. The first-order chi connectivity index (χ1) is 10.4. The van der Waals surface area contributed by atoms with Crippen molar-refractivity contribution in [3.05, 3.63) is 60.2 Å². The van der Waals surface area contributed by atoms with E-state index in [4.69, 9.17) is 4.74 Å². The molecule has 0 unspecified atom stereocenters. The zero-order valence-corrected chi connectivity index (χ0v) is 12.8. The van der Waals surface area contributed by atoms with Gasteiger partial charge in [-0.3, -0.25) is 0 Å². The topological polar surface area (TPSA) is 21.3 Å². The van der Waals surface area contributed by atoms with Gasteiger partial charge in [0.25, 0.3) is 0 Å². The molecule has 0 aliphatic heterocycles. The van der Waals surface area contributed by atoms with Crippen LogP contribution in [0.5, 0.6) is 5.75 Å². The van der Waals surface area contributed by atoms with Crippen LogP contribution < -0.4 is 10.1 Å². The van der Waals surface area contributed by atoms with Gasteiger partial charge in [0.15, 0.2) is 0 Å². The summed E-state index contributed by atoms with van der Waals surface area (Å²) in [7, 11) is 0. The van der Waals surface area contributed by atoms with Gasteiger partial charge in [0.1, 0.15) is 5.75 Å². The average Bonchev–Trinajstić information content (AvgIpc) is 2.53. The van der Waals surface area contributed by atoms with Gasteiger partial charge < -0.3 is 10.1 Å². The maximum absolute atomic E-state index is 5.72. The summed E-state index contributed by atoms with van der Waals surface area (Å²) in [4.78, 5) is 0. The van der Waals surface area contributed by atoms with Crippen LogP contribution in [0.15, 0.2) is 54.6 Å². The number of nitrogens with one attached hydrogen (secondary N) is 1. The van der Waals surface area contributed by atoms with Gasteiger partial charge in [-0.05, 0) is 37.0 Å². The third-order valence-corrected chi connectivity index (χ3v) is 3.41. The Balaban J connectivity index is 1.71. The van der Waals surface area contributed by atoms with Gasteiger partial charge in [0.2, 0.25) is 0 Å². The lowest BCUT2D eigenvalue weighted by atomic mass is 10.1. The third-order valence-electron chi connectivity index (χ3n) is 3.41. The molecule has 2 rings (SSSR count). The smallest absolute Gasteiger partial charge is 0.121 e. The van der Waals surface area contributed by atoms with Crippen molar-refractivity contribution in [2.24, 2.45) is 0 Å². The Morgan fingerprint density at radius 3 is 2.62 bits per heavy atom. The van der Waals surface area contributed by atoms with Crippen molar-refractivity contribution >= 4 is 5.69 Å². The second-order valence-electron chi connectivity index (χ2n) is 5.25. The molecular formula is C19H25NO. The highest BCUT2D eigenvalue weighted by Crippen LogP contribution is 2.17. The lowest BCUT2D eigenvalue weighted by Gasteiger charge is -2.09. The van der Waals surface area contributed by atoms with Crippen molar-refractivity contribution in [3.63, 3.8) is 0 Å². The lowest BCUT2D eigenvalue weighted by molar-refractivity contribution is 0.309. The molecule has 2 aromatic rings. The summed E-state index contributed by atoms with van der Waals surface area (Å²) >= 11 is 0. The minimum Gasteiger partial charge on any atom is -0.494 e. The normalized spacial score (nSPS) is 10.3. The standard InChI is InChI=1S/C19H25NO/c1-2-3-15-21-19-13-7-12-18(16-19)20-14-8-11-17-9-5-4-6-10-17/h4-7,9-10,12-13,16,20H,2-3,8,11,14-15H2,1H3. The summed E-state index contributed by atoms with van der Waals surface area (Å²) in [5.41, 5.74) is 2.54. The van der Waals surface area contributed by atoms with E-state index in [1.807, 2.05) is 12.1 Å². The zero-order valence-electron chi connectivity index (χ0n) is 12.8. The first-order valence-electron chi connectivity index (χ1n) is 7.89. The number of hydrogen-bond acceptors (Lipinski definition) is 2. The van der Waals surface area contributed by atoms with Crippen molar-refractivity contribution in [3.8, 4) is 5.75 Å². The van der Waals surface area contributed by atoms with Gasteiger partial charge in [-0.2, -0.15) is 0 Å². The van der Waals surface area contributed by atoms with Crippen LogP contribution in [0.25, 0.3) is 0 Å². The van der Waals surface area contributed by atoms with Gasteiger partial charge >= 0.3 is 0 Å². The molecular weight excluding hydrogens is 258 g/mol. The van der Waals surface area contributed by atoms with E-state index >= 15 is 0 Å². The molecule has 2 heteroatoms. The van der Waals surface area contributed by atoms with Crippen molar-refractivity contribution in [1.29, 1.82) is 0 Å². The quantitative estimate of drug-likeness (QED) is 0.660. The highest BCUT2D eigenvalue weighted by atomic mass is 16.5. The van der Waals surface area contributed by atoms with Crippen LogP contribution in [0.1, 0.15) is 31.7 Å². The molecule has 112 valence electrons. The molecule has 0 aliphatic carbocycles. The first kappa shape index (κ1) is 15.4. The predicted molar refractivity (Wildman–Crippen MR) is 90.1 cm³/mol. The summed E-state index contributed by atoms with van der Waals surface area (Å²) < 4.78 is 5.72. The number of ether oxygens (including phenoxy) is 1. The van der Waals surface area contributed by atoms with Crippen LogP contribution in [0.2, 0.25) is 0 Å². The second kappa shape index (κ2) is 9.06. The fraction of sp³-hybridized carbons (Fsp3) is 0.368. The highest BCUT2D eigenvalue weighted by Gasteiger charge is 1.97. The van der Waals surface area contributed by atoms with E-state index in [0.717, 1.165) is 50.3 Å². The monoisotopic (exact) mass is 283 g/mol. The van der Waals surface area contributed by atoms with Crippen molar-refractivity contribution < 1.29 is 4.74 Å². The van der Waals surface area contributed by atoms with Crippen LogP contribution in [-0.4, -0.2) is 13.2 Å². The van der Waals surface area contributed by atoms with Crippen LogP contribution >= 0.6 is 0 Å². The van der Waals surface area contributed by atoms with Crippen LogP contribution in [0, 0.1) is 0 Å². The molecule has 2 aromatic carbocycles. The van der Waals surface area contributed by atoms with E-state index in [1.54, 1.807) is 0 Å². The Kier molecular flexibility index (Phi) is 6.66. The Labute approximate surface area is 128 Å². The molecule has 21 heavy (non-hydrogen) atoms. The van der Waals surface area contributed by atoms with Crippen LogP contribution in [0.4, 0.5) is 5.69 Å². The molecule has 0 amide bonds. The minimum atomic E-state index is 0.800. The largest absolute Gasteiger partial charge is 0.494 e. The molecule has 2 nitrogen and oxygen atoms in total. The SMILES string of the molecule is CCCCOc1cccc(NCCCc2ccccc2)c1. The Morgan fingerprint density at radius 2 is 1.81 bits per heavy atom. The van der Waals surface area contributed by atoms with Gasteiger partial charge in [-0.1, -0.05) is 49.7 Å².